The van der Waals surface area contributed by atoms with Gasteiger partial charge < -0.3 is 18.9 Å². The van der Waals surface area contributed by atoms with E-state index in [-0.39, 0.29) is 18.7 Å². The Morgan fingerprint density at radius 3 is 2.25 bits per heavy atom. The molecule has 0 saturated carbocycles. The molecule has 1 aromatic rings. The van der Waals surface area contributed by atoms with E-state index in [1.807, 2.05) is 0 Å². The van der Waals surface area contributed by atoms with Gasteiger partial charge >= 0.3 is 11.9 Å². The average Bonchev–Trinajstić information content (AvgIpc) is 3.03. The SMILES string of the molecule is CC(=O)OCCCCCCCCOC(=O)c1ccc2c(c1)OCO2. The Kier molecular flexibility index (Phi) is 7.39. The first-order valence-corrected chi connectivity index (χ1v) is 8.37. The number of hydrogen-bond acceptors (Lipinski definition) is 6. The first-order valence-electron chi connectivity index (χ1n) is 8.37. The molecule has 0 atom stereocenters. The van der Waals surface area contributed by atoms with Crippen molar-refractivity contribution in [3.05, 3.63) is 23.8 Å². The highest BCUT2D eigenvalue weighted by Gasteiger charge is 2.16. The number of fused-ring (bicyclic) bond motifs is 1. The highest BCUT2D eigenvalue weighted by molar-refractivity contribution is 5.90. The zero-order chi connectivity index (χ0) is 17.2. The molecule has 0 unspecified atom stereocenters. The van der Waals surface area contributed by atoms with E-state index in [0.717, 1.165) is 38.5 Å². The van der Waals surface area contributed by atoms with E-state index in [4.69, 9.17) is 18.9 Å². The monoisotopic (exact) mass is 336 g/mol. The van der Waals surface area contributed by atoms with Crippen molar-refractivity contribution >= 4 is 11.9 Å². The maximum Gasteiger partial charge on any atom is 0.338 e. The van der Waals surface area contributed by atoms with Crippen molar-refractivity contribution in [1.29, 1.82) is 0 Å². The van der Waals surface area contributed by atoms with Gasteiger partial charge in [0.1, 0.15) is 0 Å². The van der Waals surface area contributed by atoms with Crippen LogP contribution in [0.25, 0.3) is 0 Å². The maximum atomic E-state index is 11.9. The van der Waals surface area contributed by atoms with Gasteiger partial charge in [-0.15, -0.1) is 0 Å². The molecule has 0 bridgehead atoms. The van der Waals surface area contributed by atoms with Crippen LogP contribution in [-0.4, -0.2) is 31.9 Å². The van der Waals surface area contributed by atoms with E-state index < -0.39 is 0 Å². The highest BCUT2D eigenvalue weighted by atomic mass is 16.7. The molecule has 0 aliphatic carbocycles. The molecule has 1 aliphatic heterocycles. The molecule has 0 amide bonds. The smallest absolute Gasteiger partial charge is 0.338 e. The predicted molar refractivity (Wildman–Crippen MR) is 87.2 cm³/mol. The van der Waals surface area contributed by atoms with Crippen LogP contribution < -0.4 is 9.47 Å². The molecule has 0 saturated heterocycles. The van der Waals surface area contributed by atoms with E-state index in [2.05, 4.69) is 0 Å². The van der Waals surface area contributed by atoms with Crippen molar-refractivity contribution in [2.75, 3.05) is 20.0 Å². The average molecular weight is 336 g/mol. The molecule has 0 spiro atoms. The molecule has 0 aromatic heterocycles. The molecular formula is C18H24O6. The van der Waals surface area contributed by atoms with E-state index in [9.17, 15) is 9.59 Å². The van der Waals surface area contributed by atoms with Crippen LogP contribution in [0.2, 0.25) is 0 Å². The summed E-state index contributed by atoms with van der Waals surface area (Å²) < 4.78 is 20.6. The second-order valence-corrected chi connectivity index (χ2v) is 5.67. The number of esters is 2. The molecule has 0 radical (unpaired) electrons. The predicted octanol–water partition coefficient (Wildman–Crippen LogP) is 3.48. The molecule has 132 valence electrons. The summed E-state index contributed by atoms with van der Waals surface area (Å²) in [6.07, 6.45) is 5.99. The number of ether oxygens (including phenoxy) is 4. The molecule has 1 aromatic carbocycles. The number of rotatable bonds is 10. The van der Waals surface area contributed by atoms with Crippen LogP contribution in [0, 0.1) is 0 Å². The van der Waals surface area contributed by atoms with E-state index in [1.165, 1.54) is 6.92 Å². The largest absolute Gasteiger partial charge is 0.466 e. The highest BCUT2D eigenvalue weighted by Crippen LogP contribution is 2.32. The molecule has 6 nitrogen and oxygen atoms in total. The number of benzene rings is 1. The summed E-state index contributed by atoms with van der Waals surface area (Å²) in [5.41, 5.74) is 0.477. The van der Waals surface area contributed by atoms with Crippen molar-refractivity contribution in [2.45, 2.75) is 45.4 Å². The summed E-state index contributed by atoms with van der Waals surface area (Å²) in [5, 5.41) is 0. The van der Waals surface area contributed by atoms with Crippen LogP contribution in [0.1, 0.15) is 55.8 Å². The van der Waals surface area contributed by atoms with Crippen molar-refractivity contribution in [1.82, 2.24) is 0 Å². The first-order chi connectivity index (χ1) is 11.7. The van der Waals surface area contributed by atoms with E-state index >= 15 is 0 Å². The minimum absolute atomic E-state index is 0.189. The first kappa shape index (κ1) is 18.1. The Balaban J connectivity index is 1.50. The van der Waals surface area contributed by atoms with Gasteiger partial charge in [0.15, 0.2) is 11.5 Å². The lowest BCUT2D eigenvalue weighted by molar-refractivity contribution is -0.141. The van der Waals surface area contributed by atoms with Crippen LogP contribution >= 0.6 is 0 Å². The van der Waals surface area contributed by atoms with Crippen LogP contribution in [-0.2, 0) is 14.3 Å². The third-order valence-electron chi connectivity index (χ3n) is 3.69. The van der Waals surface area contributed by atoms with Gasteiger partial charge in [-0.3, -0.25) is 4.79 Å². The molecule has 2 rings (SSSR count). The summed E-state index contributed by atoms with van der Waals surface area (Å²) in [7, 11) is 0. The molecule has 0 fully saturated rings. The van der Waals surface area contributed by atoms with Gasteiger partial charge in [-0.2, -0.15) is 0 Å². The lowest BCUT2D eigenvalue weighted by Crippen LogP contribution is -2.06. The van der Waals surface area contributed by atoms with Gasteiger partial charge in [-0.05, 0) is 31.0 Å². The van der Waals surface area contributed by atoms with Gasteiger partial charge in [0.05, 0.1) is 18.8 Å². The van der Waals surface area contributed by atoms with Gasteiger partial charge in [-0.1, -0.05) is 25.7 Å². The van der Waals surface area contributed by atoms with Crippen LogP contribution in [0.15, 0.2) is 18.2 Å². The van der Waals surface area contributed by atoms with Gasteiger partial charge in [0.25, 0.3) is 0 Å². The number of unbranched alkanes of at least 4 members (excludes halogenated alkanes) is 5. The normalized spacial score (nSPS) is 12.0. The zero-order valence-electron chi connectivity index (χ0n) is 14.0. The Morgan fingerprint density at radius 1 is 0.917 bits per heavy atom. The standard InChI is InChI=1S/C18H24O6/c1-14(19)21-10-6-4-2-3-5-7-11-22-18(20)15-8-9-16-17(12-15)24-13-23-16/h8-9,12H,2-7,10-11,13H2,1H3. The third-order valence-corrected chi connectivity index (χ3v) is 3.69. The molecule has 1 heterocycles. The molecule has 1 aliphatic rings. The van der Waals surface area contributed by atoms with Crippen LogP contribution in [0.5, 0.6) is 11.5 Å². The summed E-state index contributed by atoms with van der Waals surface area (Å²) in [6.45, 7) is 2.53. The maximum absolute atomic E-state index is 11.9. The van der Waals surface area contributed by atoms with Crippen LogP contribution in [0.3, 0.4) is 0 Å². The van der Waals surface area contributed by atoms with Crippen molar-refractivity contribution < 1.29 is 28.5 Å². The Hall–Kier alpha value is -2.24. The molecule has 24 heavy (non-hydrogen) atoms. The van der Waals surface area contributed by atoms with Gasteiger partial charge in [-0.25, -0.2) is 4.79 Å². The summed E-state index contributed by atoms with van der Waals surface area (Å²) >= 11 is 0. The van der Waals surface area contributed by atoms with Crippen molar-refractivity contribution in [2.24, 2.45) is 0 Å². The minimum Gasteiger partial charge on any atom is -0.466 e. The lowest BCUT2D eigenvalue weighted by Gasteiger charge is -2.06. The van der Waals surface area contributed by atoms with E-state index in [1.54, 1.807) is 18.2 Å². The minimum atomic E-state index is -0.338. The van der Waals surface area contributed by atoms with E-state index in [0.29, 0.717) is 30.3 Å². The Labute approximate surface area is 142 Å². The zero-order valence-corrected chi connectivity index (χ0v) is 14.0. The van der Waals surface area contributed by atoms with Crippen molar-refractivity contribution in [3.63, 3.8) is 0 Å². The number of carbonyl (C=O) groups is 2. The third kappa shape index (κ3) is 6.10. The molecule has 6 heteroatoms. The van der Waals surface area contributed by atoms with Gasteiger partial charge in [0.2, 0.25) is 6.79 Å². The Bertz CT molecular complexity index is 554. The number of hydrogen-bond donors (Lipinski definition) is 0. The second-order valence-electron chi connectivity index (χ2n) is 5.67. The summed E-state index contributed by atoms with van der Waals surface area (Å²) in [4.78, 5) is 22.5. The summed E-state index contributed by atoms with van der Waals surface area (Å²) in [5.74, 6) is 0.674. The number of carbonyl (C=O) groups excluding carboxylic acids is 2. The second kappa shape index (κ2) is 9.80. The van der Waals surface area contributed by atoms with Gasteiger partial charge in [0, 0.05) is 6.92 Å². The summed E-state index contributed by atoms with van der Waals surface area (Å²) in [6, 6.07) is 5.04. The quantitative estimate of drug-likeness (QED) is 0.481. The van der Waals surface area contributed by atoms with Crippen molar-refractivity contribution in [3.8, 4) is 11.5 Å². The fourth-order valence-corrected chi connectivity index (χ4v) is 2.40. The fraction of sp³-hybridized carbons (Fsp3) is 0.556. The lowest BCUT2D eigenvalue weighted by atomic mass is 10.1. The fourth-order valence-electron chi connectivity index (χ4n) is 2.40. The van der Waals surface area contributed by atoms with Crippen LogP contribution in [0.4, 0.5) is 0 Å². The topological polar surface area (TPSA) is 71.1 Å². The Morgan fingerprint density at radius 2 is 1.54 bits per heavy atom. The molecule has 0 N–H and O–H groups in total. The molecular weight excluding hydrogens is 312 g/mol.